The zero-order valence-electron chi connectivity index (χ0n) is 15.7. The quantitative estimate of drug-likeness (QED) is 0.519. The van der Waals surface area contributed by atoms with Crippen LogP contribution in [0.1, 0.15) is 16.1 Å². The highest BCUT2D eigenvalue weighted by Gasteiger charge is 2.18. The lowest BCUT2D eigenvalue weighted by Gasteiger charge is -2.09. The minimum Gasteiger partial charge on any atom is -0.306 e. The van der Waals surface area contributed by atoms with Crippen molar-refractivity contribution < 1.29 is 9.18 Å². The number of nitrogens with one attached hydrogen (secondary N) is 2. The average molecular weight is 424 g/mol. The summed E-state index contributed by atoms with van der Waals surface area (Å²) in [4.78, 5) is 31.6. The number of carbonyl (C=O) groups excluding carboxylic acids is 1. The number of hydrogen-bond donors (Lipinski definition) is 2. The van der Waals surface area contributed by atoms with Gasteiger partial charge in [-0.3, -0.25) is 14.6 Å². The van der Waals surface area contributed by atoms with E-state index in [1.54, 1.807) is 13.0 Å². The number of H-pyrrole nitrogens is 1. The van der Waals surface area contributed by atoms with Crippen molar-refractivity contribution in [3.8, 4) is 17.2 Å². The number of anilines is 1. The first-order valence-corrected chi connectivity index (χ1v) is 9.29. The van der Waals surface area contributed by atoms with Crippen LogP contribution in [0, 0.1) is 12.7 Å². The van der Waals surface area contributed by atoms with E-state index in [-0.39, 0.29) is 27.9 Å². The summed E-state index contributed by atoms with van der Waals surface area (Å²) in [6.45, 7) is 1.68. The maximum atomic E-state index is 13.3. The summed E-state index contributed by atoms with van der Waals surface area (Å²) in [5, 5.41) is 7.18. The van der Waals surface area contributed by atoms with Crippen LogP contribution in [0.3, 0.4) is 0 Å². The van der Waals surface area contributed by atoms with Gasteiger partial charge in [-0.05, 0) is 25.1 Å². The minimum absolute atomic E-state index is 0.0241. The van der Waals surface area contributed by atoms with Gasteiger partial charge in [0.2, 0.25) is 5.95 Å². The van der Waals surface area contributed by atoms with Gasteiger partial charge in [-0.2, -0.15) is 9.78 Å². The van der Waals surface area contributed by atoms with Crippen LogP contribution in [0.15, 0.2) is 65.5 Å². The largest absolute Gasteiger partial charge is 0.306 e. The van der Waals surface area contributed by atoms with Gasteiger partial charge >= 0.3 is 0 Å². The Labute approximate surface area is 175 Å². The van der Waals surface area contributed by atoms with Crippen LogP contribution >= 0.6 is 11.6 Å². The van der Waals surface area contributed by atoms with Crippen molar-refractivity contribution in [3.63, 3.8) is 0 Å². The second-order valence-electron chi connectivity index (χ2n) is 6.48. The summed E-state index contributed by atoms with van der Waals surface area (Å²) in [6, 6.07) is 15.8. The normalized spacial score (nSPS) is 10.8. The average Bonchev–Trinajstić information content (AvgIpc) is 3.11. The molecule has 0 radical (unpaired) electrons. The Morgan fingerprint density at radius 1 is 1.13 bits per heavy atom. The Morgan fingerprint density at radius 3 is 2.60 bits per heavy atom. The molecule has 0 aliphatic rings. The van der Waals surface area contributed by atoms with E-state index in [9.17, 15) is 14.0 Å². The molecule has 2 aromatic heterocycles. The van der Waals surface area contributed by atoms with Crippen molar-refractivity contribution in [2.45, 2.75) is 6.92 Å². The lowest BCUT2D eigenvalue weighted by molar-refractivity contribution is 0.102. The molecule has 2 N–H and O–H groups in total. The van der Waals surface area contributed by atoms with Gasteiger partial charge in [0, 0.05) is 23.4 Å². The Balaban J connectivity index is 1.80. The zero-order chi connectivity index (χ0) is 21.3. The van der Waals surface area contributed by atoms with Gasteiger partial charge in [0.25, 0.3) is 11.5 Å². The Morgan fingerprint density at radius 2 is 1.90 bits per heavy atom. The predicted octanol–water partition coefficient (Wildman–Crippen LogP) is 3.98. The number of rotatable bonds is 4. The van der Waals surface area contributed by atoms with E-state index in [0.717, 1.165) is 17.7 Å². The number of halogens is 2. The van der Waals surface area contributed by atoms with Crippen molar-refractivity contribution in [1.29, 1.82) is 0 Å². The van der Waals surface area contributed by atoms with Crippen molar-refractivity contribution in [1.82, 2.24) is 19.7 Å². The number of hydrogen-bond acceptors (Lipinski definition) is 4. The molecule has 4 aromatic rings. The molecule has 150 valence electrons. The number of aryl methyl sites for hydroxylation is 1. The van der Waals surface area contributed by atoms with Crippen LogP contribution in [0.4, 0.5) is 10.2 Å². The maximum Gasteiger partial charge on any atom is 0.258 e. The Hall–Kier alpha value is -3.78. The first-order chi connectivity index (χ1) is 14.4. The molecule has 0 bridgehead atoms. The molecule has 0 atom stereocenters. The molecule has 0 aliphatic heterocycles. The number of nitrogens with zero attached hydrogens (tertiary/aromatic N) is 3. The molecule has 0 saturated carbocycles. The van der Waals surface area contributed by atoms with Gasteiger partial charge in [-0.25, -0.2) is 9.37 Å². The molecule has 0 aliphatic carbocycles. The highest BCUT2D eigenvalue weighted by atomic mass is 35.5. The molecule has 9 heteroatoms. The smallest absolute Gasteiger partial charge is 0.258 e. The summed E-state index contributed by atoms with van der Waals surface area (Å²) in [5.74, 6) is -0.707. The molecule has 0 spiro atoms. The highest BCUT2D eigenvalue weighted by molar-refractivity contribution is 6.34. The molecule has 30 heavy (non-hydrogen) atoms. The number of benzene rings is 2. The van der Waals surface area contributed by atoms with Gasteiger partial charge in [0.1, 0.15) is 11.6 Å². The van der Waals surface area contributed by atoms with Gasteiger partial charge < -0.3 is 5.32 Å². The molecule has 0 fully saturated rings. The lowest BCUT2D eigenvalue weighted by Crippen LogP contribution is -2.19. The van der Waals surface area contributed by atoms with Crippen molar-refractivity contribution in [3.05, 3.63) is 93.1 Å². The van der Waals surface area contributed by atoms with E-state index in [1.807, 2.05) is 30.3 Å². The Kier molecular flexibility index (Phi) is 5.16. The Bertz CT molecular complexity index is 1300. The predicted molar refractivity (Wildman–Crippen MR) is 112 cm³/mol. The minimum atomic E-state index is -0.559. The standard InChI is InChI=1S/C21H15ClFN5O2/c1-12-9-19(29)26-21(24-12)28-18(11-17(27-28)13-5-3-2-4-6-13)25-20(30)15-8-7-14(23)10-16(15)22/h2-11H,1H3,(H,25,30)(H,24,26,29). The number of amides is 1. The van der Waals surface area contributed by atoms with E-state index in [4.69, 9.17) is 11.6 Å². The second kappa shape index (κ2) is 7.92. The molecule has 0 unspecified atom stereocenters. The maximum absolute atomic E-state index is 13.3. The van der Waals surface area contributed by atoms with E-state index in [2.05, 4.69) is 20.4 Å². The second-order valence-corrected chi connectivity index (χ2v) is 6.89. The summed E-state index contributed by atoms with van der Waals surface area (Å²) >= 11 is 6.01. The van der Waals surface area contributed by atoms with Crippen molar-refractivity contribution in [2.24, 2.45) is 0 Å². The monoisotopic (exact) mass is 423 g/mol. The summed E-state index contributed by atoms with van der Waals surface area (Å²) in [7, 11) is 0. The topological polar surface area (TPSA) is 92.7 Å². The van der Waals surface area contributed by atoms with Crippen LogP contribution in [-0.2, 0) is 0 Å². The highest BCUT2D eigenvalue weighted by Crippen LogP contribution is 2.25. The lowest BCUT2D eigenvalue weighted by atomic mass is 10.1. The van der Waals surface area contributed by atoms with Gasteiger partial charge in [-0.15, -0.1) is 0 Å². The first-order valence-electron chi connectivity index (χ1n) is 8.91. The molecular formula is C21H15ClFN5O2. The molecular weight excluding hydrogens is 409 g/mol. The fraction of sp³-hybridized carbons (Fsp3) is 0.0476. The molecule has 4 rings (SSSR count). The third-order valence-electron chi connectivity index (χ3n) is 4.25. The van der Waals surface area contributed by atoms with Crippen LogP contribution in [-0.4, -0.2) is 25.7 Å². The van der Waals surface area contributed by atoms with Crippen LogP contribution in [0.25, 0.3) is 17.2 Å². The molecule has 7 nitrogen and oxygen atoms in total. The molecule has 2 aromatic carbocycles. The molecule has 2 heterocycles. The van der Waals surface area contributed by atoms with E-state index in [0.29, 0.717) is 11.4 Å². The van der Waals surface area contributed by atoms with Gasteiger partial charge in [0.15, 0.2) is 0 Å². The fourth-order valence-electron chi connectivity index (χ4n) is 2.90. The van der Waals surface area contributed by atoms with Crippen LogP contribution in [0.2, 0.25) is 5.02 Å². The van der Waals surface area contributed by atoms with E-state index < -0.39 is 11.7 Å². The van der Waals surface area contributed by atoms with Gasteiger partial charge in [-0.1, -0.05) is 41.9 Å². The molecule has 0 saturated heterocycles. The fourth-order valence-corrected chi connectivity index (χ4v) is 3.16. The van der Waals surface area contributed by atoms with Crippen molar-refractivity contribution in [2.75, 3.05) is 5.32 Å². The van der Waals surface area contributed by atoms with Crippen molar-refractivity contribution >= 4 is 23.3 Å². The number of aromatic amines is 1. The van der Waals surface area contributed by atoms with E-state index >= 15 is 0 Å². The van der Waals surface area contributed by atoms with Crippen LogP contribution < -0.4 is 10.9 Å². The van der Waals surface area contributed by atoms with E-state index in [1.165, 1.54) is 16.8 Å². The summed E-state index contributed by atoms with van der Waals surface area (Å²) in [6.07, 6.45) is 0. The summed E-state index contributed by atoms with van der Waals surface area (Å²) < 4.78 is 14.6. The van der Waals surface area contributed by atoms with Gasteiger partial charge in [0.05, 0.1) is 16.3 Å². The number of aromatic nitrogens is 4. The first kappa shape index (κ1) is 19.5. The third kappa shape index (κ3) is 3.99. The SMILES string of the molecule is Cc1cc(=O)[nH]c(-n2nc(-c3ccccc3)cc2NC(=O)c2ccc(F)cc2Cl)n1. The summed E-state index contributed by atoms with van der Waals surface area (Å²) in [5.41, 5.74) is 1.59. The number of carbonyl (C=O) groups is 1. The van der Waals surface area contributed by atoms with Crippen LogP contribution in [0.5, 0.6) is 0 Å². The third-order valence-corrected chi connectivity index (χ3v) is 4.57. The molecule has 1 amide bonds. The zero-order valence-corrected chi connectivity index (χ0v) is 16.4.